The largest absolute Gasteiger partial charge is 0.354 e. The Morgan fingerprint density at radius 3 is 2.39 bits per heavy atom. The molecule has 0 heterocycles. The maximum absolute atomic E-state index is 11.8. The molecule has 0 aliphatic rings. The summed E-state index contributed by atoms with van der Waals surface area (Å²) >= 11 is 0. The summed E-state index contributed by atoms with van der Waals surface area (Å²) in [5.74, 6) is 0.468. The lowest BCUT2D eigenvalue weighted by molar-refractivity contribution is -0.123. The van der Waals surface area contributed by atoms with Gasteiger partial charge < -0.3 is 11.1 Å². The highest BCUT2D eigenvalue weighted by Gasteiger charge is 2.18. The molecule has 0 spiro atoms. The van der Waals surface area contributed by atoms with Gasteiger partial charge in [0.1, 0.15) is 0 Å². The van der Waals surface area contributed by atoms with Crippen molar-refractivity contribution in [3.05, 3.63) is 35.9 Å². The van der Waals surface area contributed by atoms with Crippen LogP contribution in [0.4, 0.5) is 0 Å². The van der Waals surface area contributed by atoms with E-state index in [4.69, 9.17) is 5.73 Å². The summed E-state index contributed by atoms with van der Waals surface area (Å²) in [4.78, 5) is 11.8. The van der Waals surface area contributed by atoms with Crippen molar-refractivity contribution in [2.45, 2.75) is 39.2 Å². The summed E-state index contributed by atoms with van der Waals surface area (Å²) in [7, 11) is 0. The van der Waals surface area contributed by atoms with Crippen molar-refractivity contribution in [3.63, 3.8) is 0 Å². The fourth-order valence-corrected chi connectivity index (χ4v) is 1.87. The van der Waals surface area contributed by atoms with Crippen LogP contribution in [0, 0.1) is 5.92 Å². The smallest absolute Gasteiger partial charge is 0.237 e. The van der Waals surface area contributed by atoms with Crippen LogP contribution >= 0.6 is 0 Å². The SMILES string of the molecule is CCC(CNC(=O)[C@@H](N)C(C)C)c1ccccc1. The molecule has 3 N–H and O–H groups in total. The van der Waals surface area contributed by atoms with Crippen molar-refractivity contribution in [1.82, 2.24) is 5.32 Å². The first kappa shape index (κ1) is 14.7. The van der Waals surface area contributed by atoms with Crippen LogP contribution in [0.25, 0.3) is 0 Å². The minimum atomic E-state index is -0.418. The zero-order chi connectivity index (χ0) is 13.5. The third kappa shape index (κ3) is 4.15. The van der Waals surface area contributed by atoms with Crippen LogP contribution in [-0.2, 0) is 4.79 Å². The van der Waals surface area contributed by atoms with Crippen LogP contribution < -0.4 is 11.1 Å². The third-order valence-electron chi connectivity index (χ3n) is 3.31. The molecule has 0 bridgehead atoms. The molecule has 1 unspecified atom stereocenters. The molecule has 1 amide bonds. The fourth-order valence-electron chi connectivity index (χ4n) is 1.87. The van der Waals surface area contributed by atoms with Gasteiger partial charge in [0.05, 0.1) is 6.04 Å². The van der Waals surface area contributed by atoms with E-state index in [0.29, 0.717) is 12.5 Å². The second-order valence-corrected chi connectivity index (χ2v) is 5.03. The average molecular weight is 248 g/mol. The second kappa shape index (κ2) is 7.17. The number of rotatable bonds is 6. The van der Waals surface area contributed by atoms with Gasteiger partial charge in [-0.25, -0.2) is 0 Å². The fraction of sp³-hybridized carbons (Fsp3) is 0.533. The Kier molecular flexibility index (Phi) is 5.86. The van der Waals surface area contributed by atoms with E-state index in [2.05, 4.69) is 24.4 Å². The number of carbonyl (C=O) groups is 1. The molecule has 0 aliphatic heterocycles. The first-order chi connectivity index (χ1) is 8.56. The number of benzene rings is 1. The Bertz CT molecular complexity index is 362. The molecule has 2 atom stereocenters. The molecule has 1 rings (SSSR count). The van der Waals surface area contributed by atoms with E-state index in [1.165, 1.54) is 5.56 Å². The number of hydrogen-bond acceptors (Lipinski definition) is 2. The number of nitrogens with one attached hydrogen (secondary N) is 1. The van der Waals surface area contributed by atoms with Gasteiger partial charge >= 0.3 is 0 Å². The predicted molar refractivity (Wildman–Crippen MR) is 75.3 cm³/mol. The second-order valence-electron chi connectivity index (χ2n) is 5.03. The third-order valence-corrected chi connectivity index (χ3v) is 3.31. The molecule has 0 radical (unpaired) electrons. The van der Waals surface area contributed by atoms with Crippen molar-refractivity contribution >= 4 is 5.91 Å². The Hall–Kier alpha value is -1.35. The Morgan fingerprint density at radius 1 is 1.28 bits per heavy atom. The standard InChI is InChI=1S/C15H24N2O/c1-4-12(13-8-6-5-7-9-13)10-17-15(18)14(16)11(2)3/h5-9,11-12,14H,4,10,16H2,1-3H3,(H,17,18)/t12?,14-/m0/s1. The maximum atomic E-state index is 11.8. The summed E-state index contributed by atoms with van der Waals surface area (Å²) in [5, 5.41) is 2.95. The normalized spacial score (nSPS) is 14.3. The predicted octanol–water partition coefficient (Wildman–Crippen LogP) is 2.28. The lowest BCUT2D eigenvalue weighted by Gasteiger charge is -2.19. The highest BCUT2D eigenvalue weighted by molar-refractivity contribution is 5.81. The van der Waals surface area contributed by atoms with Crippen LogP contribution in [0.2, 0.25) is 0 Å². The van der Waals surface area contributed by atoms with Gasteiger partial charge in [0.2, 0.25) is 5.91 Å². The van der Waals surface area contributed by atoms with Crippen molar-refractivity contribution in [2.24, 2.45) is 11.7 Å². The molecule has 18 heavy (non-hydrogen) atoms. The van der Waals surface area contributed by atoms with E-state index in [1.807, 2.05) is 32.0 Å². The molecule has 1 aromatic carbocycles. The van der Waals surface area contributed by atoms with Crippen LogP contribution in [0.3, 0.4) is 0 Å². The lowest BCUT2D eigenvalue weighted by atomic mass is 9.96. The lowest BCUT2D eigenvalue weighted by Crippen LogP contribution is -2.45. The molecule has 100 valence electrons. The van der Waals surface area contributed by atoms with Crippen molar-refractivity contribution in [2.75, 3.05) is 6.54 Å². The Morgan fingerprint density at radius 2 is 1.89 bits per heavy atom. The highest BCUT2D eigenvalue weighted by Crippen LogP contribution is 2.17. The monoisotopic (exact) mass is 248 g/mol. The van der Waals surface area contributed by atoms with Crippen LogP contribution in [0.15, 0.2) is 30.3 Å². The highest BCUT2D eigenvalue weighted by atomic mass is 16.2. The van der Waals surface area contributed by atoms with Gasteiger partial charge in [0.15, 0.2) is 0 Å². The summed E-state index contributed by atoms with van der Waals surface area (Å²) in [5.41, 5.74) is 7.08. The Labute approximate surface area is 110 Å². The van der Waals surface area contributed by atoms with Crippen molar-refractivity contribution in [1.29, 1.82) is 0 Å². The van der Waals surface area contributed by atoms with E-state index in [0.717, 1.165) is 6.42 Å². The molecule has 0 saturated heterocycles. The number of hydrogen-bond donors (Lipinski definition) is 2. The van der Waals surface area contributed by atoms with E-state index < -0.39 is 6.04 Å². The van der Waals surface area contributed by atoms with E-state index >= 15 is 0 Å². The van der Waals surface area contributed by atoms with Gasteiger partial charge in [-0.3, -0.25) is 4.79 Å². The number of nitrogens with two attached hydrogens (primary N) is 1. The zero-order valence-electron chi connectivity index (χ0n) is 11.5. The van der Waals surface area contributed by atoms with E-state index in [1.54, 1.807) is 0 Å². The van der Waals surface area contributed by atoms with Crippen LogP contribution in [-0.4, -0.2) is 18.5 Å². The zero-order valence-corrected chi connectivity index (χ0v) is 11.5. The first-order valence-electron chi connectivity index (χ1n) is 6.64. The molecule has 3 nitrogen and oxygen atoms in total. The van der Waals surface area contributed by atoms with Crippen LogP contribution in [0.1, 0.15) is 38.7 Å². The van der Waals surface area contributed by atoms with Gasteiger partial charge in [-0.05, 0) is 17.9 Å². The van der Waals surface area contributed by atoms with Gasteiger partial charge in [0, 0.05) is 12.5 Å². The Balaban J connectivity index is 2.53. The molecule has 3 heteroatoms. The number of amides is 1. The molecule has 0 fully saturated rings. The maximum Gasteiger partial charge on any atom is 0.237 e. The van der Waals surface area contributed by atoms with Gasteiger partial charge in [-0.15, -0.1) is 0 Å². The summed E-state index contributed by atoms with van der Waals surface area (Å²) in [6.07, 6.45) is 1.00. The summed E-state index contributed by atoms with van der Waals surface area (Å²) in [6, 6.07) is 9.84. The van der Waals surface area contributed by atoms with Crippen LogP contribution in [0.5, 0.6) is 0 Å². The molecule has 0 aliphatic carbocycles. The quantitative estimate of drug-likeness (QED) is 0.811. The minimum absolute atomic E-state index is 0.0561. The molecule has 0 saturated carbocycles. The van der Waals surface area contributed by atoms with Gasteiger partial charge in [-0.2, -0.15) is 0 Å². The van der Waals surface area contributed by atoms with E-state index in [9.17, 15) is 4.79 Å². The number of carbonyl (C=O) groups excluding carboxylic acids is 1. The molecule has 0 aromatic heterocycles. The first-order valence-corrected chi connectivity index (χ1v) is 6.64. The topological polar surface area (TPSA) is 55.1 Å². The minimum Gasteiger partial charge on any atom is -0.354 e. The van der Waals surface area contributed by atoms with Crippen molar-refractivity contribution in [3.8, 4) is 0 Å². The van der Waals surface area contributed by atoms with Gasteiger partial charge in [0.25, 0.3) is 0 Å². The average Bonchev–Trinajstić information content (AvgIpc) is 2.39. The summed E-state index contributed by atoms with van der Waals surface area (Å²) in [6.45, 7) is 6.70. The molecular weight excluding hydrogens is 224 g/mol. The molecule has 1 aromatic rings. The van der Waals surface area contributed by atoms with Gasteiger partial charge in [-0.1, -0.05) is 51.1 Å². The summed E-state index contributed by atoms with van der Waals surface area (Å²) < 4.78 is 0. The van der Waals surface area contributed by atoms with Crippen molar-refractivity contribution < 1.29 is 4.79 Å². The van der Waals surface area contributed by atoms with E-state index in [-0.39, 0.29) is 11.8 Å². The molecular formula is C15H24N2O.